The highest BCUT2D eigenvalue weighted by atomic mass is 35.5. The number of halogens is 2. The lowest BCUT2D eigenvalue weighted by Gasteiger charge is -2.29. The molecule has 0 spiro atoms. The molecule has 1 aromatic heterocycles. The number of hydrogen-bond acceptors (Lipinski definition) is 6. The van der Waals surface area contributed by atoms with Crippen molar-refractivity contribution < 1.29 is 18.5 Å². The van der Waals surface area contributed by atoms with Crippen molar-refractivity contribution in [3.63, 3.8) is 0 Å². The minimum Gasteiger partial charge on any atom is -0.457 e. The largest absolute Gasteiger partial charge is 0.457 e. The van der Waals surface area contributed by atoms with Crippen LogP contribution in [0.4, 0.5) is 21.5 Å². The molecule has 10 heteroatoms. The molecular weight excluding hydrogens is 451 g/mol. The van der Waals surface area contributed by atoms with Crippen LogP contribution < -0.4 is 15.5 Å². The third-order valence-corrected chi connectivity index (χ3v) is 5.42. The van der Waals surface area contributed by atoms with Crippen molar-refractivity contribution in [2.75, 3.05) is 36.4 Å². The summed E-state index contributed by atoms with van der Waals surface area (Å²) in [4.78, 5) is 25.4. The fourth-order valence-electron chi connectivity index (χ4n) is 3.51. The maximum atomic E-state index is 13.3. The number of furan rings is 1. The molecule has 1 saturated heterocycles. The topological polar surface area (TPSA) is 101 Å². The van der Waals surface area contributed by atoms with E-state index in [-0.39, 0.29) is 10.7 Å². The molecule has 0 aliphatic carbocycles. The van der Waals surface area contributed by atoms with Crippen LogP contribution in [-0.4, -0.2) is 37.0 Å². The van der Waals surface area contributed by atoms with E-state index in [0.717, 1.165) is 13.1 Å². The van der Waals surface area contributed by atoms with Crippen LogP contribution in [0.5, 0.6) is 0 Å². The van der Waals surface area contributed by atoms with Gasteiger partial charge in [-0.1, -0.05) is 11.6 Å². The molecule has 4 rings (SSSR count). The van der Waals surface area contributed by atoms with Crippen molar-refractivity contribution in [1.82, 2.24) is 5.32 Å². The Balaban J connectivity index is 1.44. The Morgan fingerprint density at radius 3 is 2.70 bits per heavy atom. The molecule has 0 bridgehead atoms. The number of carbonyl (C=O) groups is 1. The first-order valence-corrected chi connectivity index (χ1v) is 10.6. The van der Waals surface area contributed by atoms with Gasteiger partial charge in [0.15, 0.2) is 0 Å². The summed E-state index contributed by atoms with van der Waals surface area (Å²) in [6.07, 6.45) is 2.73. The average molecular weight is 471 g/mol. The Hall–Kier alpha value is -3.69. The number of carbonyl (C=O) groups excluding carboxylic acids is 1. The molecular formula is C23H20ClFN4O4. The summed E-state index contributed by atoms with van der Waals surface area (Å²) in [5.41, 5.74) is 1.38. The fraction of sp³-hybridized carbons (Fsp3) is 0.174. The summed E-state index contributed by atoms with van der Waals surface area (Å²) >= 11 is 5.80. The van der Waals surface area contributed by atoms with Crippen LogP contribution in [0.15, 0.2) is 59.0 Å². The molecule has 2 heterocycles. The number of nitrogens with one attached hydrogen (secondary N) is 2. The number of benzene rings is 2. The molecule has 0 saturated carbocycles. The van der Waals surface area contributed by atoms with E-state index in [4.69, 9.17) is 16.0 Å². The van der Waals surface area contributed by atoms with Gasteiger partial charge in [-0.05, 0) is 48.5 Å². The lowest BCUT2D eigenvalue weighted by molar-refractivity contribution is -0.384. The number of anilines is 2. The number of amides is 1. The van der Waals surface area contributed by atoms with Crippen LogP contribution >= 0.6 is 11.6 Å². The van der Waals surface area contributed by atoms with E-state index in [1.165, 1.54) is 36.4 Å². The SMILES string of the molecule is O=C(/C=C/c1ccc(-c2ccc(F)c(Cl)c2)o1)Nc1ccc(N2CCNCC2)c([N+](=O)[O-])c1. The second-order valence-corrected chi connectivity index (χ2v) is 7.76. The summed E-state index contributed by atoms with van der Waals surface area (Å²) in [7, 11) is 0. The Kier molecular flexibility index (Phi) is 6.71. The highest BCUT2D eigenvalue weighted by molar-refractivity contribution is 6.31. The lowest BCUT2D eigenvalue weighted by Crippen LogP contribution is -2.43. The van der Waals surface area contributed by atoms with Gasteiger partial charge in [0.25, 0.3) is 5.69 Å². The standard InChI is InChI=1S/C23H20ClFN4O4/c24-18-13-15(1-5-19(18)25)22-7-3-17(33-22)4-8-23(30)27-16-2-6-20(21(14-16)29(31)32)28-11-9-26-10-12-28/h1-8,13-14,26H,9-12H2,(H,27,30)/b8-4+. The highest BCUT2D eigenvalue weighted by Crippen LogP contribution is 2.31. The van der Waals surface area contributed by atoms with E-state index in [2.05, 4.69) is 10.6 Å². The second-order valence-electron chi connectivity index (χ2n) is 7.35. The number of nitrogens with zero attached hydrogens (tertiary/aromatic N) is 2. The molecule has 1 amide bonds. The van der Waals surface area contributed by atoms with Gasteiger partial charge in [0.05, 0.1) is 9.95 Å². The maximum absolute atomic E-state index is 13.3. The number of hydrogen-bond donors (Lipinski definition) is 2. The molecule has 170 valence electrons. The van der Waals surface area contributed by atoms with Gasteiger partial charge < -0.3 is 20.0 Å². The van der Waals surface area contributed by atoms with Gasteiger partial charge in [0, 0.05) is 49.6 Å². The van der Waals surface area contributed by atoms with Gasteiger partial charge in [-0.3, -0.25) is 14.9 Å². The monoisotopic (exact) mass is 470 g/mol. The van der Waals surface area contributed by atoms with Gasteiger partial charge in [0.2, 0.25) is 5.91 Å². The first-order valence-electron chi connectivity index (χ1n) is 10.2. The lowest BCUT2D eigenvalue weighted by atomic mass is 10.2. The van der Waals surface area contributed by atoms with Crippen LogP contribution in [0.2, 0.25) is 5.02 Å². The van der Waals surface area contributed by atoms with E-state index >= 15 is 0 Å². The van der Waals surface area contributed by atoms with E-state index in [9.17, 15) is 19.3 Å². The number of piperazine rings is 1. The van der Waals surface area contributed by atoms with Gasteiger partial charge >= 0.3 is 0 Å². The van der Waals surface area contributed by atoms with Crippen LogP contribution in [0, 0.1) is 15.9 Å². The molecule has 0 unspecified atom stereocenters. The molecule has 0 radical (unpaired) electrons. The smallest absolute Gasteiger partial charge is 0.294 e. The normalized spacial score (nSPS) is 13.9. The quantitative estimate of drug-likeness (QED) is 0.307. The van der Waals surface area contributed by atoms with Crippen LogP contribution in [-0.2, 0) is 4.79 Å². The van der Waals surface area contributed by atoms with Crippen LogP contribution in [0.1, 0.15) is 5.76 Å². The summed E-state index contributed by atoms with van der Waals surface area (Å²) < 4.78 is 19.0. The number of nitro benzene ring substituents is 1. The predicted molar refractivity (Wildman–Crippen MR) is 125 cm³/mol. The van der Waals surface area contributed by atoms with E-state index in [1.807, 2.05) is 4.90 Å². The summed E-state index contributed by atoms with van der Waals surface area (Å²) in [5.74, 6) is -0.122. The van der Waals surface area contributed by atoms with Crippen molar-refractivity contribution in [3.8, 4) is 11.3 Å². The zero-order valence-corrected chi connectivity index (χ0v) is 18.1. The van der Waals surface area contributed by atoms with Gasteiger partial charge in [-0.2, -0.15) is 0 Å². The van der Waals surface area contributed by atoms with Gasteiger partial charge in [0.1, 0.15) is 23.0 Å². The molecule has 8 nitrogen and oxygen atoms in total. The second kappa shape index (κ2) is 9.85. The van der Waals surface area contributed by atoms with Crippen LogP contribution in [0.25, 0.3) is 17.4 Å². The first kappa shape index (κ1) is 22.5. The molecule has 0 atom stereocenters. The number of nitro groups is 1. The molecule has 1 fully saturated rings. The van der Waals surface area contributed by atoms with Crippen molar-refractivity contribution in [1.29, 1.82) is 0 Å². The van der Waals surface area contributed by atoms with E-state index < -0.39 is 16.6 Å². The van der Waals surface area contributed by atoms with Crippen LogP contribution in [0.3, 0.4) is 0 Å². The molecule has 2 aromatic carbocycles. The van der Waals surface area contributed by atoms with E-state index in [0.29, 0.717) is 41.5 Å². The third-order valence-electron chi connectivity index (χ3n) is 5.13. The van der Waals surface area contributed by atoms with Gasteiger partial charge in [-0.15, -0.1) is 0 Å². The zero-order valence-electron chi connectivity index (χ0n) is 17.4. The van der Waals surface area contributed by atoms with E-state index in [1.54, 1.807) is 24.3 Å². The van der Waals surface area contributed by atoms with Gasteiger partial charge in [-0.25, -0.2) is 4.39 Å². The minimum absolute atomic E-state index is 0.0163. The molecule has 2 N–H and O–H groups in total. The van der Waals surface area contributed by atoms with Crippen molar-refractivity contribution in [2.45, 2.75) is 0 Å². The number of rotatable bonds is 6. The Labute approximate surface area is 193 Å². The average Bonchev–Trinajstić information content (AvgIpc) is 3.29. The van der Waals surface area contributed by atoms with Crippen molar-refractivity contribution >= 4 is 40.6 Å². The Morgan fingerprint density at radius 1 is 1.18 bits per heavy atom. The van der Waals surface area contributed by atoms with Crippen molar-refractivity contribution in [3.05, 3.63) is 81.3 Å². The highest BCUT2D eigenvalue weighted by Gasteiger charge is 2.21. The maximum Gasteiger partial charge on any atom is 0.294 e. The summed E-state index contributed by atoms with van der Waals surface area (Å²) in [6.45, 7) is 2.85. The predicted octanol–water partition coefficient (Wildman–Crippen LogP) is 4.71. The summed E-state index contributed by atoms with van der Waals surface area (Å²) in [5, 5.41) is 17.4. The third kappa shape index (κ3) is 5.39. The first-order chi connectivity index (χ1) is 15.9. The van der Waals surface area contributed by atoms with Crippen molar-refractivity contribution in [2.24, 2.45) is 0 Å². The molecule has 33 heavy (non-hydrogen) atoms. The fourth-order valence-corrected chi connectivity index (χ4v) is 3.69. The molecule has 1 aliphatic rings. The minimum atomic E-state index is -0.523. The Bertz CT molecular complexity index is 1220. The molecule has 3 aromatic rings. The molecule has 1 aliphatic heterocycles. The zero-order chi connectivity index (χ0) is 23.4. The Morgan fingerprint density at radius 2 is 1.97 bits per heavy atom. The summed E-state index contributed by atoms with van der Waals surface area (Å²) in [6, 6.07) is 12.2.